The summed E-state index contributed by atoms with van der Waals surface area (Å²) in [5, 5.41) is 0. The number of rotatable bonds is 3. The Labute approximate surface area is 122 Å². The molecule has 5 heteroatoms. The Morgan fingerprint density at radius 3 is 2.50 bits per heavy atom. The number of benzene rings is 2. The lowest BCUT2D eigenvalue weighted by Gasteiger charge is -2.17. The van der Waals surface area contributed by atoms with Crippen LogP contribution in [0, 0.1) is 0 Å². The van der Waals surface area contributed by atoms with E-state index < -0.39 is 6.09 Å². The Balaban J connectivity index is 2.14. The Kier molecular flexibility index (Phi) is 4.32. The number of nitrogens with two attached hydrogens (primary N) is 1. The van der Waals surface area contributed by atoms with E-state index in [4.69, 9.17) is 22.7 Å². The van der Waals surface area contributed by atoms with E-state index in [1.807, 2.05) is 6.07 Å². The zero-order valence-corrected chi connectivity index (χ0v) is 11.8. The van der Waals surface area contributed by atoms with Crippen LogP contribution < -0.4 is 15.4 Å². The van der Waals surface area contributed by atoms with Gasteiger partial charge in [-0.3, -0.25) is 4.90 Å². The minimum Gasteiger partial charge on any atom is -0.410 e. The maximum atomic E-state index is 12.0. The summed E-state index contributed by atoms with van der Waals surface area (Å²) in [7, 11) is 1.63. The molecule has 2 aromatic rings. The van der Waals surface area contributed by atoms with Crippen LogP contribution in [-0.2, 0) is 0 Å². The van der Waals surface area contributed by atoms with E-state index in [2.05, 4.69) is 0 Å². The molecular formula is C15H14N2O2S. The van der Waals surface area contributed by atoms with Crippen molar-refractivity contribution in [2.45, 2.75) is 0 Å². The molecule has 0 saturated heterocycles. The Hall–Kier alpha value is -2.40. The average molecular weight is 286 g/mol. The summed E-state index contributed by atoms with van der Waals surface area (Å²) >= 11 is 4.92. The number of anilines is 1. The molecule has 4 nitrogen and oxygen atoms in total. The summed E-state index contributed by atoms with van der Waals surface area (Å²) in [4.78, 5) is 13.7. The van der Waals surface area contributed by atoms with Crippen LogP contribution in [0.2, 0.25) is 0 Å². The summed E-state index contributed by atoms with van der Waals surface area (Å²) in [6.07, 6.45) is -0.476. The fraction of sp³-hybridized carbons (Fsp3) is 0.0667. The van der Waals surface area contributed by atoms with Crippen molar-refractivity contribution in [3.05, 3.63) is 60.2 Å². The molecular weight excluding hydrogens is 272 g/mol. The van der Waals surface area contributed by atoms with Crippen LogP contribution in [0.3, 0.4) is 0 Å². The molecule has 0 aromatic heterocycles. The van der Waals surface area contributed by atoms with Crippen molar-refractivity contribution in [3.8, 4) is 5.75 Å². The van der Waals surface area contributed by atoms with Gasteiger partial charge in [-0.1, -0.05) is 42.5 Å². The smallest absolute Gasteiger partial charge is 0.410 e. The molecule has 0 bridgehead atoms. The number of hydrogen-bond donors (Lipinski definition) is 1. The molecule has 20 heavy (non-hydrogen) atoms. The van der Waals surface area contributed by atoms with Crippen molar-refractivity contribution < 1.29 is 9.53 Å². The number of carbonyl (C=O) groups is 1. The van der Waals surface area contributed by atoms with Crippen molar-refractivity contribution in [3.63, 3.8) is 0 Å². The highest BCUT2D eigenvalue weighted by Gasteiger charge is 2.13. The molecule has 0 aliphatic carbocycles. The molecule has 0 fully saturated rings. The van der Waals surface area contributed by atoms with Crippen LogP contribution >= 0.6 is 12.2 Å². The van der Waals surface area contributed by atoms with Crippen LogP contribution in [0.5, 0.6) is 5.75 Å². The Bertz CT molecular complexity index is 629. The Morgan fingerprint density at radius 1 is 1.15 bits per heavy atom. The number of ether oxygens (including phenoxy) is 1. The lowest BCUT2D eigenvalue weighted by Crippen LogP contribution is -2.29. The van der Waals surface area contributed by atoms with Gasteiger partial charge in [0.05, 0.1) is 0 Å². The van der Waals surface area contributed by atoms with Gasteiger partial charge in [-0.25, -0.2) is 4.79 Å². The summed E-state index contributed by atoms with van der Waals surface area (Å²) in [5.74, 6) is 0.495. The van der Waals surface area contributed by atoms with Gasteiger partial charge in [-0.15, -0.1) is 0 Å². The third-order valence-corrected chi connectivity index (χ3v) is 2.98. The number of hydrogen-bond acceptors (Lipinski definition) is 3. The molecule has 0 aliphatic rings. The van der Waals surface area contributed by atoms with Crippen molar-refractivity contribution in [1.82, 2.24) is 0 Å². The quantitative estimate of drug-likeness (QED) is 0.881. The van der Waals surface area contributed by atoms with Crippen molar-refractivity contribution in [2.75, 3.05) is 11.9 Å². The van der Waals surface area contributed by atoms with Crippen LogP contribution in [0.25, 0.3) is 0 Å². The number of para-hydroxylation sites is 1. The molecule has 1 amide bonds. The molecule has 2 N–H and O–H groups in total. The first-order valence-electron chi connectivity index (χ1n) is 5.98. The topological polar surface area (TPSA) is 55.6 Å². The number of thiocarbonyl (C=S) groups is 1. The van der Waals surface area contributed by atoms with Gasteiger partial charge in [0.25, 0.3) is 0 Å². The summed E-state index contributed by atoms with van der Waals surface area (Å²) in [6.45, 7) is 0. The van der Waals surface area contributed by atoms with Gasteiger partial charge in [0, 0.05) is 18.3 Å². The molecule has 0 saturated carbocycles. The van der Waals surface area contributed by atoms with E-state index in [0.717, 1.165) is 0 Å². The van der Waals surface area contributed by atoms with E-state index in [0.29, 0.717) is 17.0 Å². The molecule has 2 aromatic carbocycles. The van der Waals surface area contributed by atoms with Gasteiger partial charge in [-0.05, 0) is 24.3 Å². The zero-order chi connectivity index (χ0) is 14.5. The molecule has 0 unspecified atom stereocenters. The van der Waals surface area contributed by atoms with Crippen molar-refractivity contribution >= 4 is 29.0 Å². The minimum absolute atomic E-state index is 0.289. The normalized spacial score (nSPS) is 9.85. The van der Waals surface area contributed by atoms with Gasteiger partial charge in [0.15, 0.2) is 0 Å². The largest absolute Gasteiger partial charge is 0.419 e. The van der Waals surface area contributed by atoms with Crippen molar-refractivity contribution in [2.24, 2.45) is 5.73 Å². The average Bonchev–Trinajstić information content (AvgIpc) is 2.47. The maximum absolute atomic E-state index is 12.0. The van der Waals surface area contributed by atoms with Gasteiger partial charge >= 0.3 is 6.09 Å². The highest BCUT2D eigenvalue weighted by molar-refractivity contribution is 7.80. The van der Waals surface area contributed by atoms with Gasteiger partial charge < -0.3 is 10.5 Å². The van der Waals surface area contributed by atoms with Crippen LogP contribution in [0.4, 0.5) is 10.5 Å². The number of amides is 1. The second-order valence-electron chi connectivity index (χ2n) is 4.15. The third kappa shape index (κ3) is 3.33. The molecule has 102 valence electrons. The number of nitrogens with zero attached hydrogens (tertiary/aromatic N) is 1. The van der Waals surface area contributed by atoms with Crippen LogP contribution in [-0.4, -0.2) is 18.1 Å². The molecule has 0 radical (unpaired) electrons. The highest BCUT2D eigenvalue weighted by atomic mass is 32.1. The lowest BCUT2D eigenvalue weighted by atomic mass is 10.2. The van der Waals surface area contributed by atoms with E-state index >= 15 is 0 Å². The summed E-state index contributed by atoms with van der Waals surface area (Å²) < 4.78 is 5.25. The molecule has 2 rings (SSSR count). The molecule has 0 aliphatic heterocycles. The molecule has 0 spiro atoms. The SMILES string of the molecule is CN(C(=O)Oc1ccccc1)c1cccc(C(N)=S)c1. The lowest BCUT2D eigenvalue weighted by molar-refractivity contribution is 0.209. The monoisotopic (exact) mass is 286 g/mol. The standard InChI is InChI=1S/C15H14N2O2S/c1-17(12-7-5-6-11(10-12)14(16)20)15(18)19-13-8-3-2-4-9-13/h2-10H,1H3,(H2,16,20). The fourth-order valence-electron chi connectivity index (χ4n) is 1.63. The first kappa shape index (κ1) is 14.0. The third-order valence-electron chi connectivity index (χ3n) is 2.74. The van der Waals surface area contributed by atoms with Crippen LogP contribution in [0.15, 0.2) is 54.6 Å². The van der Waals surface area contributed by atoms with Gasteiger partial charge in [-0.2, -0.15) is 0 Å². The Morgan fingerprint density at radius 2 is 1.85 bits per heavy atom. The van der Waals surface area contributed by atoms with Crippen LogP contribution in [0.1, 0.15) is 5.56 Å². The van der Waals surface area contributed by atoms with E-state index in [1.165, 1.54) is 4.90 Å². The predicted molar refractivity (Wildman–Crippen MR) is 83.2 cm³/mol. The maximum Gasteiger partial charge on any atom is 0.419 e. The molecule has 0 heterocycles. The fourth-order valence-corrected chi connectivity index (χ4v) is 1.76. The minimum atomic E-state index is -0.476. The first-order valence-corrected chi connectivity index (χ1v) is 6.39. The van der Waals surface area contributed by atoms with E-state index in [9.17, 15) is 4.79 Å². The summed E-state index contributed by atoms with van der Waals surface area (Å²) in [6, 6.07) is 16.0. The van der Waals surface area contributed by atoms with Gasteiger partial charge in [0.1, 0.15) is 10.7 Å². The number of carbonyl (C=O) groups excluding carboxylic acids is 1. The first-order chi connectivity index (χ1) is 9.58. The second-order valence-corrected chi connectivity index (χ2v) is 4.59. The van der Waals surface area contributed by atoms with Crippen molar-refractivity contribution in [1.29, 1.82) is 0 Å². The molecule has 0 atom stereocenters. The predicted octanol–water partition coefficient (Wildman–Crippen LogP) is 2.96. The van der Waals surface area contributed by atoms with E-state index in [1.54, 1.807) is 55.6 Å². The summed E-state index contributed by atoms with van der Waals surface area (Å²) in [5.41, 5.74) is 6.95. The second kappa shape index (κ2) is 6.16. The highest BCUT2D eigenvalue weighted by Crippen LogP contribution is 2.17. The van der Waals surface area contributed by atoms with E-state index in [-0.39, 0.29) is 4.99 Å². The van der Waals surface area contributed by atoms with Gasteiger partial charge in [0.2, 0.25) is 0 Å². The zero-order valence-electron chi connectivity index (χ0n) is 10.9.